The molecule has 6 nitrogen and oxygen atoms in total. The lowest BCUT2D eigenvalue weighted by molar-refractivity contribution is 0.0951. The monoisotopic (exact) mass is 435 g/mol. The highest BCUT2D eigenvalue weighted by atomic mass is 32.2. The normalized spacial score (nSPS) is 20.1. The molecule has 2 aliphatic rings. The number of sulfonamides is 1. The first-order valence-corrected chi connectivity index (χ1v) is 12.9. The molecule has 0 radical (unpaired) electrons. The van der Waals surface area contributed by atoms with E-state index in [1.54, 1.807) is 22.5 Å². The maximum atomic E-state index is 13.0. The smallest absolute Gasteiger partial charge is 0.251 e. The second-order valence-corrected chi connectivity index (χ2v) is 10.9. The molecule has 0 atom stereocenters. The molecule has 3 rings (SSSR count). The van der Waals surface area contributed by atoms with Crippen LogP contribution in [0.4, 0.5) is 0 Å². The van der Waals surface area contributed by atoms with Crippen LogP contribution in [0.1, 0.15) is 67.8 Å². The predicted octanol–water partition coefficient (Wildman–Crippen LogP) is 3.41. The molecule has 0 saturated carbocycles. The van der Waals surface area contributed by atoms with Crippen LogP contribution < -0.4 is 5.32 Å². The third kappa shape index (κ3) is 6.05. The number of nitrogens with one attached hydrogen (secondary N) is 1. The van der Waals surface area contributed by atoms with Crippen molar-refractivity contribution in [1.82, 2.24) is 14.5 Å². The van der Waals surface area contributed by atoms with Gasteiger partial charge in [-0.2, -0.15) is 4.31 Å². The minimum atomic E-state index is -3.55. The van der Waals surface area contributed by atoms with Crippen molar-refractivity contribution in [2.24, 2.45) is 5.92 Å². The minimum absolute atomic E-state index is 0.187. The molecule has 7 heteroatoms. The van der Waals surface area contributed by atoms with Crippen LogP contribution in [0.5, 0.6) is 0 Å². The molecule has 1 N–H and O–H groups in total. The van der Waals surface area contributed by atoms with Crippen LogP contribution in [-0.2, 0) is 10.0 Å². The molecular weight excluding hydrogens is 398 g/mol. The average Bonchev–Trinajstić information content (AvgIpc) is 3.00. The average molecular weight is 436 g/mol. The lowest BCUT2D eigenvalue weighted by atomic mass is 10.0. The summed E-state index contributed by atoms with van der Waals surface area (Å²) in [6, 6.07) is 4.91. The summed E-state index contributed by atoms with van der Waals surface area (Å²) in [5.41, 5.74) is 1.25. The molecule has 0 aliphatic carbocycles. The Morgan fingerprint density at radius 1 is 1.07 bits per heavy atom. The molecule has 0 spiro atoms. The van der Waals surface area contributed by atoms with Crippen LogP contribution in [0.3, 0.4) is 0 Å². The number of amides is 1. The Kier molecular flexibility index (Phi) is 8.31. The van der Waals surface area contributed by atoms with Crippen molar-refractivity contribution in [3.8, 4) is 0 Å². The van der Waals surface area contributed by atoms with Gasteiger partial charge in [0.2, 0.25) is 10.0 Å². The standard InChI is InChI=1S/C23H37N3O3S/c1-19-10-16-26(17-11-19)30(28,29)21-9-8-20(2)22(18-21)23(27)24-12-7-15-25-13-5-3-4-6-14-25/h8-9,18-19H,3-7,10-17H2,1-2H3,(H,24,27). The van der Waals surface area contributed by atoms with E-state index in [-0.39, 0.29) is 10.8 Å². The number of hydrogen-bond acceptors (Lipinski definition) is 4. The van der Waals surface area contributed by atoms with E-state index in [9.17, 15) is 13.2 Å². The molecule has 0 unspecified atom stereocenters. The molecule has 30 heavy (non-hydrogen) atoms. The number of nitrogens with zero attached hydrogens (tertiary/aromatic N) is 2. The van der Waals surface area contributed by atoms with Gasteiger partial charge in [0.1, 0.15) is 0 Å². The zero-order valence-electron chi connectivity index (χ0n) is 18.5. The fraction of sp³-hybridized carbons (Fsp3) is 0.696. The van der Waals surface area contributed by atoms with Gasteiger partial charge in [0, 0.05) is 25.2 Å². The number of benzene rings is 1. The Bertz CT molecular complexity index is 809. The molecule has 1 aromatic carbocycles. The second-order valence-electron chi connectivity index (χ2n) is 8.93. The van der Waals surface area contributed by atoms with Crippen LogP contribution in [0.15, 0.2) is 23.1 Å². The van der Waals surface area contributed by atoms with Crippen molar-refractivity contribution in [2.75, 3.05) is 39.3 Å². The van der Waals surface area contributed by atoms with Crippen LogP contribution >= 0.6 is 0 Å². The topological polar surface area (TPSA) is 69.7 Å². The van der Waals surface area contributed by atoms with E-state index in [2.05, 4.69) is 17.1 Å². The van der Waals surface area contributed by atoms with Crippen LogP contribution in [0.25, 0.3) is 0 Å². The maximum Gasteiger partial charge on any atom is 0.251 e. The highest BCUT2D eigenvalue weighted by Gasteiger charge is 2.28. The molecule has 0 bridgehead atoms. The Labute approximate surface area is 182 Å². The Morgan fingerprint density at radius 3 is 2.40 bits per heavy atom. The molecule has 2 heterocycles. The van der Waals surface area contributed by atoms with Gasteiger partial charge in [-0.3, -0.25) is 4.79 Å². The van der Waals surface area contributed by atoms with E-state index in [1.807, 2.05) is 6.92 Å². The Morgan fingerprint density at radius 2 is 1.73 bits per heavy atom. The van der Waals surface area contributed by atoms with E-state index in [4.69, 9.17) is 0 Å². The maximum absolute atomic E-state index is 13.0. The number of likely N-dealkylation sites (tertiary alicyclic amines) is 1. The number of carbonyl (C=O) groups is 1. The molecule has 1 aromatic rings. The van der Waals surface area contributed by atoms with E-state index in [0.29, 0.717) is 31.1 Å². The fourth-order valence-corrected chi connectivity index (χ4v) is 5.84. The molecule has 1 amide bonds. The number of carbonyl (C=O) groups excluding carboxylic acids is 1. The van der Waals surface area contributed by atoms with Gasteiger partial charge in [-0.25, -0.2) is 8.42 Å². The van der Waals surface area contributed by atoms with Gasteiger partial charge in [-0.05, 0) is 82.3 Å². The molecule has 2 saturated heterocycles. The highest BCUT2D eigenvalue weighted by Crippen LogP contribution is 2.25. The van der Waals surface area contributed by atoms with E-state index in [1.165, 1.54) is 25.7 Å². The first-order valence-electron chi connectivity index (χ1n) is 11.5. The number of piperidine rings is 1. The van der Waals surface area contributed by atoms with Crippen LogP contribution in [-0.4, -0.2) is 62.8 Å². The first-order chi connectivity index (χ1) is 14.4. The lowest BCUT2D eigenvalue weighted by Gasteiger charge is -2.29. The summed E-state index contributed by atoms with van der Waals surface area (Å²) >= 11 is 0. The van der Waals surface area contributed by atoms with Crippen molar-refractivity contribution >= 4 is 15.9 Å². The lowest BCUT2D eigenvalue weighted by Crippen LogP contribution is -2.38. The largest absolute Gasteiger partial charge is 0.352 e. The summed E-state index contributed by atoms with van der Waals surface area (Å²) in [5, 5.41) is 2.98. The molecule has 2 fully saturated rings. The predicted molar refractivity (Wildman–Crippen MR) is 120 cm³/mol. The van der Waals surface area contributed by atoms with Gasteiger partial charge in [0.25, 0.3) is 5.91 Å². The van der Waals surface area contributed by atoms with Gasteiger partial charge >= 0.3 is 0 Å². The van der Waals surface area contributed by atoms with Crippen molar-refractivity contribution in [3.05, 3.63) is 29.3 Å². The van der Waals surface area contributed by atoms with Gasteiger partial charge in [-0.15, -0.1) is 0 Å². The second kappa shape index (κ2) is 10.7. The fourth-order valence-electron chi connectivity index (χ4n) is 4.34. The summed E-state index contributed by atoms with van der Waals surface area (Å²) < 4.78 is 27.6. The van der Waals surface area contributed by atoms with Crippen molar-refractivity contribution in [1.29, 1.82) is 0 Å². The summed E-state index contributed by atoms with van der Waals surface area (Å²) in [6.07, 6.45) is 7.86. The van der Waals surface area contributed by atoms with E-state index in [0.717, 1.165) is 44.5 Å². The Hall–Kier alpha value is -1.44. The van der Waals surface area contributed by atoms with Gasteiger partial charge in [-0.1, -0.05) is 25.8 Å². The number of aryl methyl sites for hydroxylation is 1. The zero-order chi connectivity index (χ0) is 21.6. The SMILES string of the molecule is Cc1ccc(S(=O)(=O)N2CCC(C)CC2)cc1C(=O)NCCCN1CCCCCC1. The van der Waals surface area contributed by atoms with Crippen molar-refractivity contribution < 1.29 is 13.2 Å². The summed E-state index contributed by atoms with van der Waals surface area (Å²) in [7, 11) is -3.55. The number of hydrogen-bond donors (Lipinski definition) is 1. The molecule has 0 aromatic heterocycles. The highest BCUT2D eigenvalue weighted by molar-refractivity contribution is 7.89. The first kappa shape index (κ1) is 23.2. The number of rotatable bonds is 7. The summed E-state index contributed by atoms with van der Waals surface area (Å²) in [6.45, 7) is 9.03. The summed E-state index contributed by atoms with van der Waals surface area (Å²) in [5.74, 6) is 0.373. The molecule has 2 aliphatic heterocycles. The molecule has 168 valence electrons. The van der Waals surface area contributed by atoms with Crippen LogP contribution in [0, 0.1) is 12.8 Å². The van der Waals surface area contributed by atoms with Gasteiger partial charge in [0.15, 0.2) is 0 Å². The summed E-state index contributed by atoms with van der Waals surface area (Å²) in [4.78, 5) is 15.4. The third-order valence-corrected chi connectivity index (χ3v) is 8.36. The third-order valence-electron chi connectivity index (χ3n) is 6.47. The van der Waals surface area contributed by atoms with Gasteiger partial charge < -0.3 is 10.2 Å². The quantitative estimate of drug-likeness (QED) is 0.667. The molecular formula is C23H37N3O3S. The van der Waals surface area contributed by atoms with Crippen molar-refractivity contribution in [2.45, 2.75) is 63.7 Å². The van der Waals surface area contributed by atoms with Crippen LogP contribution in [0.2, 0.25) is 0 Å². The van der Waals surface area contributed by atoms with E-state index < -0.39 is 10.0 Å². The zero-order valence-corrected chi connectivity index (χ0v) is 19.3. The van der Waals surface area contributed by atoms with Crippen molar-refractivity contribution in [3.63, 3.8) is 0 Å². The Balaban J connectivity index is 1.58. The van der Waals surface area contributed by atoms with E-state index >= 15 is 0 Å². The van der Waals surface area contributed by atoms with Gasteiger partial charge in [0.05, 0.1) is 4.90 Å². The minimum Gasteiger partial charge on any atom is -0.352 e.